The van der Waals surface area contributed by atoms with Crippen LogP contribution in [0.15, 0.2) is 18.2 Å². The molecule has 0 radical (unpaired) electrons. The van der Waals surface area contributed by atoms with E-state index in [1.807, 2.05) is 0 Å². The molecular weight excluding hydrogens is 246 g/mol. The van der Waals surface area contributed by atoms with Gasteiger partial charge in [0, 0.05) is 26.2 Å². The third-order valence-electron chi connectivity index (χ3n) is 2.42. The molecule has 0 bridgehead atoms. The normalized spacial score (nSPS) is 9.95. The molecule has 0 aliphatic carbocycles. The van der Waals surface area contributed by atoms with E-state index in [4.69, 9.17) is 24.2 Å². The van der Waals surface area contributed by atoms with E-state index in [9.17, 15) is 0 Å². The second kappa shape index (κ2) is 9.20. The first-order valence-electron chi connectivity index (χ1n) is 6.09. The zero-order valence-electron chi connectivity index (χ0n) is 11.3. The lowest BCUT2D eigenvalue weighted by atomic mass is 10.2. The smallest absolute Gasteiger partial charge is 0.162 e. The second-order valence-corrected chi connectivity index (χ2v) is 3.78. The zero-order chi connectivity index (χ0) is 13.9. The Morgan fingerprint density at radius 2 is 1.89 bits per heavy atom. The van der Waals surface area contributed by atoms with E-state index >= 15 is 0 Å². The van der Waals surface area contributed by atoms with Crippen LogP contribution in [-0.2, 0) is 9.47 Å². The van der Waals surface area contributed by atoms with Crippen LogP contribution in [0.25, 0.3) is 0 Å². The van der Waals surface area contributed by atoms with Gasteiger partial charge in [-0.3, -0.25) is 0 Å². The Labute approximate surface area is 113 Å². The van der Waals surface area contributed by atoms with Crippen LogP contribution in [0, 0.1) is 11.3 Å². The van der Waals surface area contributed by atoms with E-state index in [0.717, 1.165) is 6.42 Å². The number of nitriles is 1. The summed E-state index contributed by atoms with van der Waals surface area (Å²) in [6, 6.07) is 7.16. The zero-order valence-corrected chi connectivity index (χ0v) is 11.3. The van der Waals surface area contributed by atoms with Crippen LogP contribution >= 0.6 is 0 Å². The maximum absolute atomic E-state index is 8.79. The quantitative estimate of drug-likeness (QED) is 0.639. The van der Waals surface area contributed by atoms with Gasteiger partial charge in [0.05, 0.1) is 38.6 Å². The van der Waals surface area contributed by atoms with Gasteiger partial charge in [-0.2, -0.15) is 5.26 Å². The number of hydrogen-bond donors (Lipinski definition) is 0. The van der Waals surface area contributed by atoms with E-state index < -0.39 is 0 Å². The van der Waals surface area contributed by atoms with Crippen LogP contribution in [0.5, 0.6) is 11.5 Å². The second-order valence-electron chi connectivity index (χ2n) is 3.78. The van der Waals surface area contributed by atoms with Gasteiger partial charge in [0.15, 0.2) is 11.5 Å². The minimum Gasteiger partial charge on any atom is -0.493 e. The molecule has 0 N–H and O–H groups in total. The predicted molar refractivity (Wildman–Crippen MR) is 70.5 cm³/mol. The van der Waals surface area contributed by atoms with Crippen molar-refractivity contribution in [3.63, 3.8) is 0 Å². The van der Waals surface area contributed by atoms with E-state index in [0.29, 0.717) is 43.5 Å². The van der Waals surface area contributed by atoms with E-state index in [1.165, 1.54) is 0 Å². The maximum atomic E-state index is 8.79. The van der Waals surface area contributed by atoms with Crippen molar-refractivity contribution in [3.8, 4) is 17.6 Å². The fourth-order valence-corrected chi connectivity index (χ4v) is 1.44. The molecule has 0 unspecified atom stereocenters. The minimum atomic E-state index is 0.537. The lowest BCUT2D eigenvalue weighted by molar-refractivity contribution is 0.0643. The van der Waals surface area contributed by atoms with E-state index in [-0.39, 0.29) is 0 Å². The minimum absolute atomic E-state index is 0.537. The number of benzene rings is 1. The maximum Gasteiger partial charge on any atom is 0.162 e. The molecule has 0 fully saturated rings. The molecule has 0 aliphatic rings. The molecule has 19 heavy (non-hydrogen) atoms. The molecule has 0 spiro atoms. The monoisotopic (exact) mass is 265 g/mol. The van der Waals surface area contributed by atoms with Gasteiger partial charge in [-0.1, -0.05) is 0 Å². The standard InChI is InChI=1S/C14H19NO4/c1-16-8-9-18-6-3-7-19-13-5-4-12(11-15)10-14(13)17-2/h4-5,10H,3,6-9H2,1-2H3. The van der Waals surface area contributed by atoms with Crippen molar-refractivity contribution in [2.24, 2.45) is 0 Å². The first-order chi connectivity index (χ1) is 9.31. The van der Waals surface area contributed by atoms with Crippen molar-refractivity contribution in [2.45, 2.75) is 6.42 Å². The van der Waals surface area contributed by atoms with Crippen molar-refractivity contribution in [1.82, 2.24) is 0 Å². The SMILES string of the molecule is COCCOCCCOc1ccc(C#N)cc1OC. The van der Waals surface area contributed by atoms with Crippen LogP contribution in [0.4, 0.5) is 0 Å². The number of hydrogen-bond acceptors (Lipinski definition) is 5. The van der Waals surface area contributed by atoms with Gasteiger partial charge in [-0.15, -0.1) is 0 Å². The van der Waals surface area contributed by atoms with E-state index in [2.05, 4.69) is 6.07 Å². The van der Waals surface area contributed by atoms with Crippen LogP contribution in [0.3, 0.4) is 0 Å². The number of ether oxygens (including phenoxy) is 4. The fourth-order valence-electron chi connectivity index (χ4n) is 1.44. The third-order valence-corrected chi connectivity index (χ3v) is 2.42. The summed E-state index contributed by atoms with van der Waals surface area (Å²) in [6.07, 6.45) is 0.785. The lowest BCUT2D eigenvalue weighted by Crippen LogP contribution is -2.07. The summed E-state index contributed by atoms with van der Waals surface area (Å²) in [6.45, 7) is 2.36. The van der Waals surface area contributed by atoms with Gasteiger partial charge < -0.3 is 18.9 Å². The van der Waals surface area contributed by atoms with Crippen LogP contribution in [0.2, 0.25) is 0 Å². The highest BCUT2D eigenvalue weighted by Gasteiger charge is 2.05. The molecule has 0 atom stereocenters. The molecule has 0 heterocycles. The Bertz CT molecular complexity index is 414. The van der Waals surface area contributed by atoms with Gasteiger partial charge >= 0.3 is 0 Å². The Hall–Kier alpha value is -1.77. The molecule has 1 rings (SSSR count). The largest absolute Gasteiger partial charge is 0.493 e. The van der Waals surface area contributed by atoms with Crippen LogP contribution < -0.4 is 9.47 Å². The number of methoxy groups -OCH3 is 2. The summed E-state index contributed by atoms with van der Waals surface area (Å²) < 4.78 is 21.0. The van der Waals surface area contributed by atoms with Gasteiger partial charge in [-0.25, -0.2) is 0 Å². The summed E-state index contributed by atoms with van der Waals surface area (Å²) in [5.41, 5.74) is 0.548. The van der Waals surface area contributed by atoms with Crippen molar-refractivity contribution in [2.75, 3.05) is 40.6 Å². The summed E-state index contributed by atoms with van der Waals surface area (Å²) in [5, 5.41) is 8.79. The molecule has 0 aliphatic heterocycles. The summed E-state index contributed by atoms with van der Waals surface area (Å²) >= 11 is 0. The van der Waals surface area contributed by atoms with Crippen molar-refractivity contribution in [1.29, 1.82) is 5.26 Å². The molecule has 0 amide bonds. The molecule has 0 saturated heterocycles. The molecule has 104 valence electrons. The van der Waals surface area contributed by atoms with Crippen molar-refractivity contribution in [3.05, 3.63) is 23.8 Å². The van der Waals surface area contributed by atoms with Crippen molar-refractivity contribution < 1.29 is 18.9 Å². The average molecular weight is 265 g/mol. The predicted octanol–water partition coefficient (Wildman–Crippen LogP) is 2.00. The summed E-state index contributed by atoms with van der Waals surface area (Å²) in [5.74, 6) is 1.21. The molecular formula is C14H19NO4. The summed E-state index contributed by atoms with van der Waals surface area (Å²) in [4.78, 5) is 0. The molecule has 5 heteroatoms. The van der Waals surface area contributed by atoms with Crippen molar-refractivity contribution >= 4 is 0 Å². The average Bonchev–Trinajstić information content (AvgIpc) is 2.46. The molecule has 0 aromatic heterocycles. The lowest BCUT2D eigenvalue weighted by Gasteiger charge is -2.10. The van der Waals surface area contributed by atoms with E-state index in [1.54, 1.807) is 32.4 Å². The molecule has 0 saturated carbocycles. The first kappa shape index (κ1) is 15.3. The van der Waals surface area contributed by atoms with Gasteiger partial charge in [-0.05, 0) is 12.1 Å². The Balaban J connectivity index is 2.31. The van der Waals surface area contributed by atoms with Crippen LogP contribution in [-0.4, -0.2) is 40.6 Å². The Morgan fingerprint density at radius 3 is 2.58 bits per heavy atom. The number of nitrogens with zero attached hydrogens (tertiary/aromatic N) is 1. The van der Waals surface area contributed by atoms with Gasteiger partial charge in [0.2, 0.25) is 0 Å². The number of rotatable bonds is 9. The molecule has 1 aromatic carbocycles. The topological polar surface area (TPSA) is 60.7 Å². The third kappa shape index (κ3) is 5.60. The Kier molecular flexibility index (Phi) is 7.40. The highest BCUT2D eigenvalue weighted by Crippen LogP contribution is 2.27. The van der Waals surface area contributed by atoms with Gasteiger partial charge in [0.25, 0.3) is 0 Å². The van der Waals surface area contributed by atoms with Gasteiger partial charge in [0.1, 0.15) is 0 Å². The molecule has 5 nitrogen and oxygen atoms in total. The fraction of sp³-hybridized carbons (Fsp3) is 0.500. The highest BCUT2D eigenvalue weighted by molar-refractivity contribution is 5.46. The Morgan fingerprint density at radius 1 is 1.05 bits per heavy atom. The first-order valence-corrected chi connectivity index (χ1v) is 6.09. The van der Waals surface area contributed by atoms with Crippen LogP contribution in [0.1, 0.15) is 12.0 Å². The summed E-state index contributed by atoms with van der Waals surface area (Å²) in [7, 11) is 3.20. The molecule has 1 aromatic rings. The highest BCUT2D eigenvalue weighted by atomic mass is 16.5.